The molecule has 70 valence electrons. The van der Waals surface area contributed by atoms with Crippen LogP contribution in [0.2, 0.25) is 0 Å². The van der Waals surface area contributed by atoms with Crippen molar-refractivity contribution in [1.82, 2.24) is 5.43 Å². The zero-order valence-corrected chi connectivity index (χ0v) is 7.16. The second-order valence-corrected chi connectivity index (χ2v) is 2.78. The quantitative estimate of drug-likeness (QED) is 0.350. The molecule has 1 aliphatic rings. The third-order valence-corrected chi connectivity index (χ3v) is 1.93. The summed E-state index contributed by atoms with van der Waals surface area (Å²) in [6.45, 7) is 5.60. The first kappa shape index (κ1) is 9.67. The minimum absolute atomic E-state index is 0.0572. The van der Waals surface area contributed by atoms with E-state index in [1.54, 1.807) is 0 Å². The van der Waals surface area contributed by atoms with Crippen LogP contribution in [0.15, 0.2) is 12.7 Å². The van der Waals surface area contributed by atoms with Crippen molar-refractivity contribution in [2.45, 2.75) is 18.6 Å². The molecule has 1 rings (SSSR count). The van der Waals surface area contributed by atoms with Gasteiger partial charge in [0.15, 0.2) is 0 Å². The molecule has 0 spiro atoms. The van der Waals surface area contributed by atoms with Gasteiger partial charge in [0.05, 0.1) is 32.0 Å². The molecule has 4 nitrogen and oxygen atoms in total. The van der Waals surface area contributed by atoms with Crippen molar-refractivity contribution in [3.8, 4) is 0 Å². The zero-order chi connectivity index (χ0) is 8.81. The Hall–Kier alpha value is -0.420. The molecule has 1 fully saturated rings. The van der Waals surface area contributed by atoms with E-state index in [9.17, 15) is 0 Å². The van der Waals surface area contributed by atoms with Gasteiger partial charge in [0.2, 0.25) is 0 Å². The van der Waals surface area contributed by atoms with Crippen molar-refractivity contribution < 1.29 is 9.47 Å². The molecular formula is C8H16N2O2. The Kier molecular flexibility index (Phi) is 4.24. The smallest absolute Gasteiger partial charge is 0.0978 e. The number of hydrogen-bond donors (Lipinski definition) is 2. The summed E-state index contributed by atoms with van der Waals surface area (Å²) in [5.41, 5.74) is 2.70. The lowest BCUT2D eigenvalue weighted by Crippen LogP contribution is -2.49. The maximum Gasteiger partial charge on any atom is 0.0978 e. The Morgan fingerprint density at radius 1 is 1.67 bits per heavy atom. The molecule has 0 aromatic carbocycles. The van der Waals surface area contributed by atoms with Crippen LogP contribution in [0.25, 0.3) is 0 Å². The molecule has 0 aromatic heterocycles. The van der Waals surface area contributed by atoms with Crippen LogP contribution in [0.4, 0.5) is 0 Å². The van der Waals surface area contributed by atoms with Crippen molar-refractivity contribution >= 4 is 0 Å². The van der Waals surface area contributed by atoms with Crippen molar-refractivity contribution in [1.29, 1.82) is 0 Å². The molecule has 1 saturated heterocycles. The number of hydrogen-bond acceptors (Lipinski definition) is 4. The summed E-state index contributed by atoms with van der Waals surface area (Å²) >= 11 is 0. The fourth-order valence-corrected chi connectivity index (χ4v) is 1.25. The Balaban J connectivity index is 2.34. The number of rotatable bonds is 4. The Bertz CT molecular complexity index is 135. The normalized spacial score (nSPS) is 26.6. The fourth-order valence-electron chi connectivity index (χ4n) is 1.25. The highest BCUT2D eigenvalue weighted by molar-refractivity contribution is 4.83. The lowest BCUT2D eigenvalue weighted by atomic mass is 10.1. The topological polar surface area (TPSA) is 56.5 Å². The van der Waals surface area contributed by atoms with E-state index < -0.39 is 0 Å². The maximum atomic E-state index is 5.47. The van der Waals surface area contributed by atoms with E-state index in [4.69, 9.17) is 15.3 Å². The Morgan fingerprint density at radius 3 is 3.00 bits per heavy atom. The standard InChI is InChI=1S/C8H16N2O2/c1-2-3-7(10-9)8-6-11-4-5-12-8/h2,7-8,10H,1,3-6,9H2. The van der Waals surface area contributed by atoms with Gasteiger partial charge in [0.25, 0.3) is 0 Å². The van der Waals surface area contributed by atoms with Gasteiger partial charge in [-0.05, 0) is 6.42 Å². The summed E-state index contributed by atoms with van der Waals surface area (Å²) in [5, 5.41) is 0. The number of ether oxygens (including phenoxy) is 2. The minimum Gasteiger partial charge on any atom is -0.376 e. The number of nitrogens with one attached hydrogen (secondary N) is 1. The van der Waals surface area contributed by atoms with Crippen LogP contribution in [-0.2, 0) is 9.47 Å². The fraction of sp³-hybridized carbons (Fsp3) is 0.750. The molecule has 0 aromatic rings. The highest BCUT2D eigenvalue weighted by Crippen LogP contribution is 2.08. The zero-order valence-electron chi connectivity index (χ0n) is 7.16. The highest BCUT2D eigenvalue weighted by atomic mass is 16.6. The molecule has 1 aliphatic heterocycles. The maximum absolute atomic E-state index is 5.47. The monoisotopic (exact) mass is 172 g/mol. The number of hydrazine groups is 1. The third kappa shape index (κ3) is 2.57. The van der Waals surface area contributed by atoms with Crippen LogP contribution in [-0.4, -0.2) is 32.0 Å². The molecule has 2 atom stereocenters. The average molecular weight is 172 g/mol. The van der Waals surface area contributed by atoms with Crippen LogP contribution in [0, 0.1) is 0 Å². The summed E-state index contributed by atoms with van der Waals surface area (Å²) in [4.78, 5) is 0. The molecule has 1 heterocycles. The Morgan fingerprint density at radius 2 is 2.50 bits per heavy atom. The predicted octanol–water partition coefficient (Wildman–Crippen LogP) is -0.190. The SMILES string of the molecule is C=CCC(NN)C1COCCO1. The molecule has 0 bridgehead atoms. The van der Waals surface area contributed by atoms with Gasteiger partial charge in [-0.2, -0.15) is 0 Å². The van der Waals surface area contributed by atoms with E-state index in [1.165, 1.54) is 0 Å². The van der Waals surface area contributed by atoms with Gasteiger partial charge in [-0.3, -0.25) is 11.3 Å². The summed E-state index contributed by atoms with van der Waals surface area (Å²) in [6.07, 6.45) is 2.68. The van der Waals surface area contributed by atoms with E-state index in [-0.39, 0.29) is 12.1 Å². The molecular weight excluding hydrogens is 156 g/mol. The molecule has 0 radical (unpaired) electrons. The van der Waals surface area contributed by atoms with Gasteiger partial charge >= 0.3 is 0 Å². The average Bonchev–Trinajstić information content (AvgIpc) is 2.15. The van der Waals surface area contributed by atoms with Crippen molar-refractivity contribution in [2.24, 2.45) is 5.84 Å². The Labute approximate surface area is 72.7 Å². The highest BCUT2D eigenvalue weighted by Gasteiger charge is 2.22. The second-order valence-electron chi connectivity index (χ2n) is 2.78. The van der Waals surface area contributed by atoms with E-state index in [1.807, 2.05) is 6.08 Å². The van der Waals surface area contributed by atoms with Gasteiger partial charge in [-0.15, -0.1) is 6.58 Å². The van der Waals surface area contributed by atoms with Crippen LogP contribution < -0.4 is 11.3 Å². The van der Waals surface area contributed by atoms with Gasteiger partial charge in [-0.25, -0.2) is 0 Å². The molecule has 3 N–H and O–H groups in total. The lowest BCUT2D eigenvalue weighted by Gasteiger charge is -2.29. The van der Waals surface area contributed by atoms with Gasteiger partial charge in [-0.1, -0.05) is 6.08 Å². The summed E-state index contributed by atoms with van der Waals surface area (Å²) in [5.74, 6) is 5.36. The first-order chi connectivity index (χ1) is 5.88. The molecule has 12 heavy (non-hydrogen) atoms. The molecule has 0 aliphatic carbocycles. The minimum atomic E-state index is 0.0572. The second kappa shape index (κ2) is 5.27. The van der Waals surface area contributed by atoms with Crippen LogP contribution >= 0.6 is 0 Å². The van der Waals surface area contributed by atoms with Gasteiger partial charge in [0, 0.05) is 0 Å². The predicted molar refractivity (Wildman–Crippen MR) is 46.5 cm³/mol. The van der Waals surface area contributed by atoms with Crippen LogP contribution in [0.1, 0.15) is 6.42 Å². The van der Waals surface area contributed by atoms with Crippen LogP contribution in [0.5, 0.6) is 0 Å². The molecule has 2 unspecified atom stereocenters. The summed E-state index contributed by atoms with van der Waals surface area (Å²) < 4.78 is 10.7. The number of nitrogens with two attached hydrogens (primary N) is 1. The molecule has 4 heteroatoms. The van der Waals surface area contributed by atoms with E-state index in [0.717, 1.165) is 6.42 Å². The van der Waals surface area contributed by atoms with E-state index in [2.05, 4.69) is 12.0 Å². The first-order valence-electron chi connectivity index (χ1n) is 4.15. The first-order valence-corrected chi connectivity index (χ1v) is 4.15. The summed E-state index contributed by atoms with van der Waals surface area (Å²) in [7, 11) is 0. The molecule has 0 amide bonds. The largest absolute Gasteiger partial charge is 0.376 e. The lowest BCUT2D eigenvalue weighted by molar-refractivity contribution is -0.101. The van der Waals surface area contributed by atoms with Gasteiger partial charge < -0.3 is 9.47 Å². The summed E-state index contributed by atoms with van der Waals surface area (Å²) in [6, 6.07) is 0.114. The third-order valence-electron chi connectivity index (χ3n) is 1.93. The van der Waals surface area contributed by atoms with Crippen molar-refractivity contribution in [3.63, 3.8) is 0 Å². The van der Waals surface area contributed by atoms with E-state index >= 15 is 0 Å². The van der Waals surface area contributed by atoms with Crippen molar-refractivity contribution in [2.75, 3.05) is 19.8 Å². The van der Waals surface area contributed by atoms with Gasteiger partial charge in [0.1, 0.15) is 0 Å². The van der Waals surface area contributed by atoms with E-state index in [0.29, 0.717) is 19.8 Å². The molecule has 0 saturated carbocycles. The van der Waals surface area contributed by atoms with Crippen LogP contribution in [0.3, 0.4) is 0 Å². The van der Waals surface area contributed by atoms with Crippen molar-refractivity contribution in [3.05, 3.63) is 12.7 Å².